The van der Waals surface area contributed by atoms with Gasteiger partial charge in [-0.25, -0.2) is 13.1 Å². The molecule has 1 saturated heterocycles. The maximum absolute atomic E-state index is 11.5. The number of aliphatic imine (C=N–C) groups is 1. The summed E-state index contributed by atoms with van der Waals surface area (Å²) in [5.41, 5.74) is 2.45. The van der Waals surface area contributed by atoms with Crippen molar-refractivity contribution in [2.45, 2.75) is 33.3 Å². The lowest BCUT2D eigenvalue weighted by molar-refractivity contribution is -0.00832. The Bertz CT molecular complexity index is 721. The highest BCUT2D eigenvalue weighted by Crippen LogP contribution is 2.24. The van der Waals surface area contributed by atoms with Crippen LogP contribution in [0.15, 0.2) is 29.3 Å². The summed E-state index contributed by atoms with van der Waals surface area (Å²) < 4.78 is 31.5. The highest BCUT2D eigenvalue weighted by Gasteiger charge is 2.25. The molecule has 1 aliphatic heterocycles. The number of nitrogens with one attached hydrogen (secondary N) is 2. The minimum Gasteiger partial charge on any atom is -0.370 e. The van der Waals surface area contributed by atoms with E-state index in [9.17, 15) is 8.42 Å². The molecule has 2 rings (SSSR count). The fraction of sp³-hybridized carbons (Fsp3) is 0.632. The minimum atomic E-state index is -3.13. The molecule has 152 valence electrons. The number of hydrogen-bond acceptors (Lipinski definition) is 4. The van der Waals surface area contributed by atoms with Crippen LogP contribution in [0.5, 0.6) is 0 Å². The summed E-state index contributed by atoms with van der Waals surface area (Å²) in [6.45, 7) is 9.74. The van der Waals surface area contributed by atoms with Gasteiger partial charge in [-0.05, 0) is 38.3 Å². The third-order valence-electron chi connectivity index (χ3n) is 4.53. The summed E-state index contributed by atoms with van der Waals surface area (Å²) in [5, 5.41) is 3.34. The van der Waals surface area contributed by atoms with Gasteiger partial charge in [0.15, 0.2) is 5.96 Å². The largest absolute Gasteiger partial charge is 0.370 e. The number of aryl methyl sites for hydroxylation is 1. The molecule has 2 N–H and O–H groups in total. The van der Waals surface area contributed by atoms with Crippen LogP contribution in [0.2, 0.25) is 0 Å². The second-order valence-corrected chi connectivity index (χ2v) is 8.64. The molecule has 0 radical (unpaired) electrons. The van der Waals surface area contributed by atoms with Crippen molar-refractivity contribution in [1.82, 2.24) is 14.9 Å². The van der Waals surface area contributed by atoms with Crippen molar-refractivity contribution in [2.75, 3.05) is 45.1 Å². The van der Waals surface area contributed by atoms with E-state index in [1.54, 1.807) is 6.92 Å². The lowest BCUT2D eigenvalue weighted by Gasteiger charge is -2.35. The van der Waals surface area contributed by atoms with Gasteiger partial charge in [0.1, 0.15) is 6.10 Å². The van der Waals surface area contributed by atoms with Crippen LogP contribution in [-0.2, 0) is 14.8 Å². The quantitative estimate of drug-likeness (QED) is 0.397. The van der Waals surface area contributed by atoms with E-state index in [4.69, 9.17) is 4.74 Å². The maximum atomic E-state index is 11.5. The van der Waals surface area contributed by atoms with Crippen LogP contribution in [0.1, 0.15) is 37.5 Å². The summed E-state index contributed by atoms with van der Waals surface area (Å²) in [6.07, 6.45) is 0.694. The molecule has 1 aromatic carbocycles. The number of nitrogens with zero attached hydrogens (tertiary/aromatic N) is 2. The summed E-state index contributed by atoms with van der Waals surface area (Å²) in [5.74, 6) is 0.963. The van der Waals surface area contributed by atoms with Crippen molar-refractivity contribution in [3.63, 3.8) is 0 Å². The van der Waals surface area contributed by atoms with Crippen LogP contribution < -0.4 is 10.0 Å². The Hall–Kier alpha value is -1.64. The van der Waals surface area contributed by atoms with Crippen molar-refractivity contribution < 1.29 is 13.2 Å². The zero-order valence-electron chi connectivity index (χ0n) is 16.6. The Labute approximate surface area is 163 Å². The average Bonchev–Trinajstić information content (AvgIpc) is 2.67. The third kappa shape index (κ3) is 6.79. The van der Waals surface area contributed by atoms with Crippen molar-refractivity contribution in [1.29, 1.82) is 0 Å². The van der Waals surface area contributed by atoms with Gasteiger partial charge in [0.05, 0.1) is 18.9 Å². The molecule has 1 unspecified atom stereocenters. The van der Waals surface area contributed by atoms with Gasteiger partial charge >= 0.3 is 0 Å². The molecule has 0 amide bonds. The van der Waals surface area contributed by atoms with Gasteiger partial charge in [0, 0.05) is 26.2 Å². The molecule has 1 heterocycles. The van der Waals surface area contributed by atoms with Crippen LogP contribution in [0.25, 0.3) is 0 Å². The van der Waals surface area contributed by atoms with E-state index in [0.717, 1.165) is 25.6 Å². The normalized spacial score (nSPS) is 18.6. The summed E-state index contributed by atoms with van der Waals surface area (Å²) in [4.78, 5) is 6.90. The predicted octanol–water partition coefficient (Wildman–Crippen LogP) is 1.66. The minimum absolute atomic E-state index is 0.0279. The highest BCUT2D eigenvalue weighted by molar-refractivity contribution is 7.89. The zero-order valence-corrected chi connectivity index (χ0v) is 17.4. The number of benzene rings is 1. The summed E-state index contributed by atoms with van der Waals surface area (Å²) in [6, 6.07) is 8.31. The van der Waals surface area contributed by atoms with Gasteiger partial charge in [-0.2, -0.15) is 0 Å². The van der Waals surface area contributed by atoms with E-state index in [0.29, 0.717) is 26.1 Å². The molecule has 0 bridgehead atoms. The maximum Gasteiger partial charge on any atom is 0.211 e. The second-order valence-electron chi connectivity index (χ2n) is 6.55. The fourth-order valence-corrected chi connectivity index (χ4v) is 3.66. The predicted molar refractivity (Wildman–Crippen MR) is 110 cm³/mol. The van der Waals surface area contributed by atoms with E-state index >= 15 is 0 Å². The first kappa shape index (κ1) is 21.7. The molecule has 1 fully saturated rings. The van der Waals surface area contributed by atoms with Crippen molar-refractivity contribution in [3.05, 3.63) is 35.4 Å². The van der Waals surface area contributed by atoms with Crippen LogP contribution in [0.4, 0.5) is 0 Å². The van der Waals surface area contributed by atoms with Crippen LogP contribution in [-0.4, -0.2) is 64.4 Å². The molecule has 1 atom stereocenters. The Kier molecular flexibility index (Phi) is 8.53. The van der Waals surface area contributed by atoms with E-state index in [1.165, 1.54) is 11.1 Å². The van der Waals surface area contributed by atoms with Gasteiger partial charge in [-0.15, -0.1) is 0 Å². The zero-order chi connectivity index (χ0) is 19.7. The van der Waals surface area contributed by atoms with Gasteiger partial charge in [0.2, 0.25) is 10.0 Å². The molecular formula is C19H32N4O3S. The van der Waals surface area contributed by atoms with Crippen molar-refractivity contribution in [2.24, 2.45) is 4.99 Å². The number of rotatable bonds is 8. The highest BCUT2D eigenvalue weighted by atomic mass is 32.2. The van der Waals surface area contributed by atoms with Crippen LogP contribution in [0.3, 0.4) is 0 Å². The SMILES string of the molecule is CCNC(=NCCCNS(=O)(=O)CC)N1CCOC(c2ccccc2C)C1. The Balaban J connectivity index is 1.95. The number of hydrogen-bond donors (Lipinski definition) is 2. The van der Waals surface area contributed by atoms with Crippen LogP contribution >= 0.6 is 0 Å². The van der Waals surface area contributed by atoms with Gasteiger partial charge in [0.25, 0.3) is 0 Å². The lowest BCUT2D eigenvalue weighted by Crippen LogP contribution is -2.48. The van der Waals surface area contributed by atoms with Gasteiger partial charge in [-0.1, -0.05) is 24.3 Å². The van der Waals surface area contributed by atoms with E-state index in [2.05, 4.69) is 39.0 Å². The van der Waals surface area contributed by atoms with E-state index in [-0.39, 0.29) is 11.9 Å². The molecule has 8 heteroatoms. The van der Waals surface area contributed by atoms with Gasteiger partial charge in [-0.3, -0.25) is 4.99 Å². The number of guanidine groups is 1. The average molecular weight is 397 g/mol. The summed E-state index contributed by atoms with van der Waals surface area (Å²) >= 11 is 0. The van der Waals surface area contributed by atoms with Gasteiger partial charge < -0.3 is 15.0 Å². The Morgan fingerprint density at radius 3 is 2.81 bits per heavy atom. The first-order valence-electron chi connectivity index (χ1n) is 9.64. The fourth-order valence-electron chi connectivity index (χ4n) is 3.00. The smallest absolute Gasteiger partial charge is 0.211 e. The molecule has 1 aliphatic rings. The lowest BCUT2D eigenvalue weighted by atomic mass is 10.0. The summed E-state index contributed by atoms with van der Waals surface area (Å²) in [7, 11) is -3.13. The molecule has 0 saturated carbocycles. The number of morpholine rings is 1. The topological polar surface area (TPSA) is 83.0 Å². The monoisotopic (exact) mass is 396 g/mol. The van der Waals surface area contributed by atoms with Crippen molar-refractivity contribution >= 4 is 16.0 Å². The number of sulfonamides is 1. The number of ether oxygens (including phenoxy) is 1. The Morgan fingerprint density at radius 2 is 2.11 bits per heavy atom. The molecule has 7 nitrogen and oxygen atoms in total. The van der Waals surface area contributed by atoms with Crippen molar-refractivity contribution in [3.8, 4) is 0 Å². The molecule has 0 aliphatic carbocycles. The first-order valence-corrected chi connectivity index (χ1v) is 11.3. The third-order valence-corrected chi connectivity index (χ3v) is 5.94. The molecular weight excluding hydrogens is 364 g/mol. The second kappa shape index (κ2) is 10.6. The molecule has 0 aromatic heterocycles. The Morgan fingerprint density at radius 1 is 1.33 bits per heavy atom. The van der Waals surface area contributed by atoms with Crippen LogP contribution in [0, 0.1) is 6.92 Å². The molecule has 1 aromatic rings. The van der Waals surface area contributed by atoms with E-state index < -0.39 is 10.0 Å². The molecule has 0 spiro atoms. The first-order chi connectivity index (χ1) is 13.0. The molecule has 27 heavy (non-hydrogen) atoms. The van der Waals surface area contributed by atoms with E-state index in [1.807, 2.05) is 19.1 Å². The standard InChI is InChI=1S/C19H32N4O3S/c1-4-20-19(21-11-8-12-22-27(24,25)5-2)23-13-14-26-18(15-23)17-10-7-6-9-16(17)3/h6-7,9-10,18,22H,4-5,8,11-15H2,1-3H3,(H,20,21).